The van der Waals surface area contributed by atoms with Gasteiger partial charge in [-0.15, -0.1) is 0 Å². The number of nitrogens with one attached hydrogen (secondary N) is 1. The zero-order valence-electron chi connectivity index (χ0n) is 16.0. The van der Waals surface area contributed by atoms with Crippen LogP contribution in [0.15, 0.2) is 18.2 Å². The highest BCUT2D eigenvalue weighted by Gasteiger charge is 2.44. The molecule has 1 aromatic carbocycles. The van der Waals surface area contributed by atoms with E-state index >= 15 is 0 Å². The van der Waals surface area contributed by atoms with Gasteiger partial charge in [-0.25, -0.2) is 8.78 Å². The number of amides is 1. The predicted octanol–water partition coefficient (Wildman–Crippen LogP) is 2.82. The average molecular weight is 382 g/mol. The Morgan fingerprint density at radius 3 is 2.41 bits per heavy atom. The standard InChI is InChI=1S/C20H28F2N2O3/c1-3-27-19(26)20(11-5-4-6-12-20)24(2)14-18(25)23-13-10-15-16(21)8-7-9-17(15)22/h7-9H,3-6,10-14H2,1-2H3,(H,23,25). The van der Waals surface area contributed by atoms with E-state index < -0.39 is 17.2 Å². The monoisotopic (exact) mass is 382 g/mol. The maximum Gasteiger partial charge on any atom is 0.326 e. The third kappa shape index (κ3) is 5.25. The van der Waals surface area contributed by atoms with E-state index in [1.54, 1.807) is 18.9 Å². The van der Waals surface area contributed by atoms with Gasteiger partial charge in [-0.05, 0) is 45.4 Å². The lowest BCUT2D eigenvalue weighted by atomic mass is 9.80. The molecule has 5 nitrogen and oxygen atoms in total. The molecule has 1 aliphatic rings. The summed E-state index contributed by atoms with van der Waals surface area (Å²) in [7, 11) is 1.75. The average Bonchev–Trinajstić information content (AvgIpc) is 2.64. The highest BCUT2D eigenvalue weighted by atomic mass is 19.1. The molecule has 1 aromatic rings. The zero-order valence-corrected chi connectivity index (χ0v) is 16.0. The van der Waals surface area contributed by atoms with E-state index in [9.17, 15) is 18.4 Å². The summed E-state index contributed by atoms with van der Waals surface area (Å²) in [6.45, 7) is 2.22. The van der Waals surface area contributed by atoms with Gasteiger partial charge in [0.2, 0.25) is 5.91 Å². The van der Waals surface area contributed by atoms with Crippen molar-refractivity contribution in [3.63, 3.8) is 0 Å². The SMILES string of the molecule is CCOC(=O)C1(N(C)CC(=O)NCCc2c(F)cccc2F)CCCCC1. The molecule has 0 saturated heterocycles. The van der Waals surface area contributed by atoms with Crippen LogP contribution in [0.3, 0.4) is 0 Å². The Kier molecular flexibility index (Phi) is 7.71. The predicted molar refractivity (Wildman–Crippen MR) is 98.2 cm³/mol. The minimum absolute atomic E-state index is 0.0264. The smallest absolute Gasteiger partial charge is 0.326 e. The van der Waals surface area contributed by atoms with Gasteiger partial charge in [0, 0.05) is 12.1 Å². The molecule has 0 unspecified atom stereocenters. The second kappa shape index (κ2) is 9.78. The number of hydrogen-bond acceptors (Lipinski definition) is 4. The van der Waals surface area contributed by atoms with Crippen molar-refractivity contribution in [2.75, 3.05) is 26.7 Å². The van der Waals surface area contributed by atoms with Gasteiger partial charge in [0.1, 0.15) is 17.2 Å². The highest BCUT2D eigenvalue weighted by Crippen LogP contribution is 2.34. The summed E-state index contributed by atoms with van der Waals surface area (Å²) in [5.41, 5.74) is -0.815. The fourth-order valence-corrected chi connectivity index (χ4v) is 3.66. The number of esters is 1. The second-order valence-electron chi connectivity index (χ2n) is 6.97. The van der Waals surface area contributed by atoms with Crippen LogP contribution in [0, 0.1) is 11.6 Å². The first-order chi connectivity index (χ1) is 12.9. The molecule has 1 aliphatic carbocycles. The van der Waals surface area contributed by atoms with E-state index in [1.807, 2.05) is 0 Å². The summed E-state index contributed by atoms with van der Waals surface area (Å²) in [5, 5.41) is 2.68. The van der Waals surface area contributed by atoms with Crippen molar-refractivity contribution in [1.29, 1.82) is 0 Å². The lowest BCUT2D eigenvalue weighted by Gasteiger charge is -2.41. The van der Waals surface area contributed by atoms with Crippen LogP contribution in [0.4, 0.5) is 8.78 Å². The Morgan fingerprint density at radius 1 is 1.19 bits per heavy atom. The van der Waals surface area contributed by atoms with Crippen molar-refractivity contribution >= 4 is 11.9 Å². The number of carbonyl (C=O) groups is 2. The molecule has 0 aliphatic heterocycles. The van der Waals surface area contributed by atoms with E-state index in [-0.39, 0.29) is 37.0 Å². The molecule has 1 fully saturated rings. The van der Waals surface area contributed by atoms with Gasteiger partial charge in [-0.1, -0.05) is 25.3 Å². The summed E-state index contributed by atoms with van der Waals surface area (Å²) in [5.74, 6) is -1.81. The van der Waals surface area contributed by atoms with Crippen molar-refractivity contribution in [1.82, 2.24) is 10.2 Å². The zero-order chi connectivity index (χ0) is 19.9. The number of carbonyl (C=O) groups excluding carboxylic acids is 2. The van der Waals surface area contributed by atoms with E-state index in [1.165, 1.54) is 18.2 Å². The molecule has 150 valence electrons. The normalized spacial score (nSPS) is 16.2. The third-order valence-corrected chi connectivity index (χ3v) is 5.21. The minimum Gasteiger partial charge on any atom is -0.465 e. The molecule has 0 bridgehead atoms. The van der Waals surface area contributed by atoms with Gasteiger partial charge >= 0.3 is 5.97 Å². The van der Waals surface area contributed by atoms with Crippen molar-refractivity contribution < 1.29 is 23.1 Å². The number of halogens is 2. The molecule has 2 rings (SSSR count). The first-order valence-electron chi connectivity index (χ1n) is 9.48. The summed E-state index contributed by atoms with van der Waals surface area (Å²) in [6.07, 6.45) is 4.28. The molecule has 7 heteroatoms. The van der Waals surface area contributed by atoms with Crippen LogP contribution in [-0.2, 0) is 20.7 Å². The van der Waals surface area contributed by atoms with Crippen LogP contribution >= 0.6 is 0 Å². The molecule has 1 saturated carbocycles. The van der Waals surface area contributed by atoms with E-state index in [0.717, 1.165) is 19.3 Å². The maximum absolute atomic E-state index is 13.6. The molecule has 1 amide bonds. The van der Waals surface area contributed by atoms with Gasteiger partial charge in [0.05, 0.1) is 13.2 Å². The molecular formula is C20H28F2N2O3. The van der Waals surface area contributed by atoms with Crippen molar-refractivity contribution in [3.8, 4) is 0 Å². The number of nitrogens with zero attached hydrogens (tertiary/aromatic N) is 1. The largest absolute Gasteiger partial charge is 0.465 e. The van der Waals surface area contributed by atoms with Gasteiger partial charge in [0.25, 0.3) is 0 Å². The summed E-state index contributed by atoms with van der Waals surface area (Å²) < 4.78 is 32.5. The lowest BCUT2D eigenvalue weighted by Crippen LogP contribution is -2.57. The number of benzene rings is 1. The Hall–Kier alpha value is -2.02. The fraction of sp³-hybridized carbons (Fsp3) is 0.600. The molecule has 1 N–H and O–H groups in total. The summed E-state index contributed by atoms with van der Waals surface area (Å²) in [4.78, 5) is 26.6. The van der Waals surface area contributed by atoms with Crippen LogP contribution in [0.2, 0.25) is 0 Å². The van der Waals surface area contributed by atoms with Crippen molar-refractivity contribution in [2.24, 2.45) is 0 Å². The number of rotatable bonds is 8. The quantitative estimate of drug-likeness (QED) is 0.703. The minimum atomic E-state index is -0.775. The fourth-order valence-electron chi connectivity index (χ4n) is 3.66. The van der Waals surface area contributed by atoms with Crippen molar-refractivity contribution in [2.45, 2.75) is 51.0 Å². The first-order valence-corrected chi connectivity index (χ1v) is 9.48. The third-order valence-electron chi connectivity index (χ3n) is 5.21. The van der Waals surface area contributed by atoms with Crippen LogP contribution in [0.5, 0.6) is 0 Å². The van der Waals surface area contributed by atoms with E-state index in [0.29, 0.717) is 19.4 Å². The molecule has 0 heterocycles. The van der Waals surface area contributed by atoms with E-state index in [4.69, 9.17) is 4.74 Å². The van der Waals surface area contributed by atoms with E-state index in [2.05, 4.69) is 5.32 Å². The molecule has 0 atom stereocenters. The maximum atomic E-state index is 13.6. The number of ether oxygens (including phenoxy) is 1. The number of hydrogen-bond donors (Lipinski definition) is 1. The highest BCUT2D eigenvalue weighted by molar-refractivity contribution is 5.83. The Labute approximate surface area is 159 Å². The van der Waals surface area contributed by atoms with Crippen LogP contribution in [0.25, 0.3) is 0 Å². The molecule has 0 spiro atoms. The lowest BCUT2D eigenvalue weighted by molar-refractivity contribution is -0.160. The molecule has 27 heavy (non-hydrogen) atoms. The van der Waals surface area contributed by atoms with Crippen molar-refractivity contribution in [3.05, 3.63) is 35.4 Å². The van der Waals surface area contributed by atoms with Crippen LogP contribution in [-0.4, -0.2) is 49.1 Å². The van der Waals surface area contributed by atoms with Gasteiger partial charge < -0.3 is 10.1 Å². The second-order valence-corrected chi connectivity index (χ2v) is 6.97. The summed E-state index contributed by atoms with van der Waals surface area (Å²) in [6, 6.07) is 3.70. The summed E-state index contributed by atoms with van der Waals surface area (Å²) >= 11 is 0. The van der Waals surface area contributed by atoms with Gasteiger partial charge in [-0.3, -0.25) is 14.5 Å². The molecule has 0 aromatic heterocycles. The Bertz CT molecular complexity index is 640. The first kappa shape index (κ1) is 21.3. The van der Waals surface area contributed by atoms with Crippen LogP contribution in [0.1, 0.15) is 44.6 Å². The van der Waals surface area contributed by atoms with Crippen LogP contribution < -0.4 is 5.32 Å². The number of likely N-dealkylation sites (N-methyl/N-ethyl adjacent to an activating group) is 1. The Balaban J connectivity index is 1.92. The van der Waals surface area contributed by atoms with Gasteiger partial charge in [0.15, 0.2) is 0 Å². The molecular weight excluding hydrogens is 354 g/mol. The molecule has 0 radical (unpaired) electrons. The Morgan fingerprint density at radius 2 is 1.81 bits per heavy atom. The van der Waals surface area contributed by atoms with Gasteiger partial charge in [-0.2, -0.15) is 0 Å². The topological polar surface area (TPSA) is 58.6 Å².